The summed E-state index contributed by atoms with van der Waals surface area (Å²) >= 11 is 0. The molecule has 5 rings (SSSR count). The molecule has 0 aromatic heterocycles. The normalized spacial score (nSPS) is 20.2. The lowest BCUT2D eigenvalue weighted by atomic mass is 9.82. The van der Waals surface area contributed by atoms with E-state index in [1.165, 1.54) is 23.9 Å². The number of nitrogens with zero attached hydrogens (tertiary/aromatic N) is 3. The fourth-order valence-corrected chi connectivity index (χ4v) is 6.96. The number of hydrogen-bond donors (Lipinski definition) is 1. The summed E-state index contributed by atoms with van der Waals surface area (Å²) in [6.45, 7) is -0.335. The minimum Gasteiger partial charge on any atom is -0.480 e. The number of carboxylic acids is 1. The predicted molar refractivity (Wildman–Crippen MR) is 167 cm³/mol. The van der Waals surface area contributed by atoms with E-state index in [9.17, 15) is 33.1 Å². The van der Waals surface area contributed by atoms with Gasteiger partial charge in [-0.1, -0.05) is 60.7 Å². The largest absolute Gasteiger partial charge is 0.480 e. The van der Waals surface area contributed by atoms with Crippen LogP contribution in [0, 0.1) is 5.92 Å². The van der Waals surface area contributed by atoms with Crippen LogP contribution in [0.15, 0.2) is 60.7 Å². The Morgan fingerprint density at radius 3 is 2.22 bits per heavy atom. The van der Waals surface area contributed by atoms with Crippen LogP contribution in [0.4, 0.5) is 13.6 Å². The highest BCUT2D eigenvalue weighted by atomic mass is 19.3. The number of fused-ring (bicyclic) bond motifs is 3. The van der Waals surface area contributed by atoms with Crippen LogP contribution in [0.3, 0.4) is 0 Å². The lowest BCUT2D eigenvalue weighted by molar-refractivity contribution is -0.151. The summed E-state index contributed by atoms with van der Waals surface area (Å²) in [7, 11) is 2.85. The lowest BCUT2D eigenvalue weighted by Crippen LogP contribution is -2.57. The first-order valence-electron chi connectivity index (χ1n) is 15.8. The summed E-state index contributed by atoms with van der Waals surface area (Å²) < 4.78 is 33.7. The quantitative estimate of drug-likeness (QED) is 0.362. The van der Waals surface area contributed by atoms with Gasteiger partial charge in [0.25, 0.3) is 0 Å². The zero-order chi connectivity index (χ0) is 33.0. The standard InChI is InChI=1S/C35H41F2N3O6/c1-38(21-31(41)42)32(43)30(20-23-15-17-35(36,37)18-16-23)40-19-9-3-4-14-29(33(40)44)39(2)34(45)46-22-28-26-12-7-5-10-24(26)25-11-6-8-13-27(25)28/h3-8,10-13,23,28-30H,9,14-22H2,1-2H3,(H,41,42). The molecule has 1 aliphatic heterocycles. The van der Waals surface area contributed by atoms with E-state index in [1.54, 1.807) is 0 Å². The second-order valence-corrected chi connectivity index (χ2v) is 12.6. The van der Waals surface area contributed by atoms with E-state index < -0.39 is 48.4 Å². The van der Waals surface area contributed by atoms with Crippen molar-refractivity contribution in [3.8, 4) is 11.1 Å². The minimum absolute atomic E-state index is 0.0745. The molecular weight excluding hydrogens is 596 g/mol. The minimum atomic E-state index is -2.76. The van der Waals surface area contributed by atoms with Gasteiger partial charge in [-0.25, -0.2) is 13.6 Å². The van der Waals surface area contributed by atoms with E-state index in [0.717, 1.165) is 27.2 Å². The first-order valence-corrected chi connectivity index (χ1v) is 15.8. The Hall–Kier alpha value is -4.28. The Labute approximate surface area is 267 Å². The van der Waals surface area contributed by atoms with Crippen LogP contribution in [-0.4, -0.2) is 95.5 Å². The lowest BCUT2D eigenvalue weighted by Gasteiger charge is -2.40. The van der Waals surface area contributed by atoms with Crippen molar-refractivity contribution in [2.75, 3.05) is 33.8 Å². The molecule has 2 aliphatic carbocycles. The van der Waals surface area contributed by atoms with E-state index in [1.807, 2.05) is 60.7 Å². The fraction of sp³-hybridized carbons (Fsp3) is 0.486. The van der Waals surface area contributed by atoms with Gasteiger partial charge in [-0.2, -0.15) is 0 Å². The summed E-state index contributed by atoms with van der Waals surface area (Å²) in [6.07, 6.45) is 3.59. The molecule has 46 heavy (non-hydrogen) atoms. The van der Waals surface area contributed by atoms with Gasteiger partial charge in [0.2, 0.25) is 17.7 Å². The zero-order valence-corrected chi connectivity index (χ0v) is 26.2. The summed E-state index contributed by atoms with van der Waals surface area (Å²) in [6, 6.07) is 13.9. The molecule has 11 heteroatoms. The van der Waals surface area contributed by atoms with Crippen LogP contribution in [0.5, 0.6) is 0 Å². The number of carboxylic acid groups (broad SMARTS) is 1. The zero-order valence-electron chi connectivity index (χ0n) is 26.2. The average Bonchev–Trinajstić information content (AvgIpc) is 3.34. The molecule has 0 saturated heterocycles. The van der Waals surface area contributed by atoms with Crippen LogP contribution >= 0.6 is 0 Å². The first-order chi connectivity index (χ1) is 22.0. The molecular formula is C35H41F2N3O6. The Bertz CT molecular complexity index is 1440. The molecule has 2 atom stereocenters. The van der Waals surface area contributed by atoms with Crippen LogP contribution in [0.25, 0.3) is 11.1 Å². The molecule has 246 valence electrons. The summed E-state index contributed by atoms with van der Waals surface area (Å²) in [4.78, 5) is 56.5. The molecule has 0 radical (unpaired) electrons. The molecule has 3 aliphatic rings. The molecule has 1 N–H and O–H groups in total. The summed E-state index contributed by atoms with van der Waals surface area (Å²) in [5, 5.41) is 9.33. The Morgan fingerprint density at radius 1 is 1.00 bits per heavy atom. The highest BCUT2D eigenvalue weighted by Crippen LogP contribution is 2.44. The number of alkyl halides is 2. The van der Waals surface area contributed by atoms with E-state index >= 15 is 0 Å². The Kier molecular flexibility index (Phi) is 10.1. The number of likely N-dealkylation sites (N-methyl/N-ethyl adjacent to an activating group) is 2. The topological polar surface area (TPSA) is 107 Å². The van der Waals surface area contributed by atoms with E-state index in [2.05, 4.69) is 0 Å². The molecule has 1 heterocycles. The summed E-state index contributed by atoms with van der Waals surface area (Å²) in [5.74, 6) is -5.40. The van der Waals surface area contributed by atoms with Crippen molar-refractivity contribution in [3.05, 3.63) is 71.8 Å². The van der Waals surface area contributed by atoms with Gasteiger partial charge >= 0.3 is 12.1 Å². The highest BCUT2D eigenvalue weighted by molar-refractivity contribution is 5.92. The van der Waals surface area contributed by atoms with Crippen LogP contribution in [0.2, 0.25) is 0 Å². The maximum Gasteiger partial charge on any atom is 0.410 e. The molecule has 1 saturated carbocycles. The van der Waals surface area contributed by atoms with E-state index in [0.29, 0.717) is 6.42 Å². The van der Waals surface area contributed by atoms with E-state index in [-0.39, 0.29) is 63.5 Å². The second kappa shape index (κ2) is 14.0. The van der Waals surface area contributed by atoms with Gasteiger partial charge in [0, 0.05) is 39.4 Å². The number of aliphatic carboxylic acids is 1. The van der Waals surface area contributed by atoms with Gasteiger partial charge in [0.05, 0.1) is 0 Å². The third-order valence-electron chi connectivity index (χ3n) is 9.53. The monoisotopic (exact) mass is 637 g/mol. The highest BCUT2D eigenvalue weighted by Gasteiger charge is 2.42. The number of halogens is 2. The molecule has 9 nitrogen and oxygen atoms in total. The van der Waals surface area contributed by atoms with Gasteiger partial charge < -0.3 is 19.6 Å². The number of carbonyl (C=O) groups excluding carboxylic acids is 3. The molecule has 2 unspecified atom stereocenters. The molecule has 2 aromatic carbocycles. The molecule has 3 amide bonds. The number of benzene rings is 2. The van der Waals surface area contributed by atoms with Gasteiger partial charge in [-0.05, 0) is 60.3 Å². The van der Waals surface area contributed by atoms with Crippen LogP contribution < -0.4 is 0 Å². The van der Waals surface area contributed by atoms with Crippen molar-refractivity contribution in [2.24, 2.45) is 5.92 Å². The van der Waals surface area contributed by atoms with Crippen molar-refractivity contribution < 1.29 is 37.8 Å². The maximum absolute atomic E-state index is 14.2. The van der Waals surface area contributed by atoms with Gasteiger partial charge in [-0.3, -0.25) is 19.3 Å². The average molecular weight is 638 g/mol. The number of carbonyl (C=O) groups is 4. The third-order valence-corrected chi connectivity index (χ3v) is 9.53. The first kappa shape index (κ1) is 33.1. The smallest absolute Gasteiger partial charge is 0.410 e. The van der Waals surface area contributed by atoms with Crippen LogP contribution in [-0.2, 0) is 19.1 Å². The predicted octanol–water partition coefficient (Wildman–Crippen LogP) is 5.54. The van der Waals surface area contributed by atoms with Crippen molar-refractivity contribution in [1.82, 2.24) is 14.7 Å². The Morgan fingerprint density at radius 2 is 1.61 bits per heavy atom. The SMILES string of the molecule is CN(CC(=O)O)C(=O)C(CC1CCC(F)(F)CC1)N1CCC=CCC(N(C)C(=O)OCC2c3ccccc3-c3ccccc32)C1=O. The number of hydrogen-bond acceptors (Lipinski definition) is 5. The van der Waals surface area contributed by atoms with Gasteiger partial charge in [0.1, 0.15) is 25.2 Å². The second-order valence-electron chi connectivity index (χ2n) is 12.6. The van der Waals surface area contributed by atoms with Gasteiger partial charge in [-0.15, -0.1) is 0 Å². The van der Waals surface area contributed by atoms with Crippen molar-refractivity contribution in [3.63, 3.8) is 0 Å². The van der Waals surface area contributed by atoms with Crippen molar-refractivity contribution in [2.45, 2.75) is 68.9 Å². The molecule has 2 aromatic rings. The van der Waals surface area contributed by atoms with Crippen molar-refractivity contribution in [1.29, 1.82) is 0 Å². The number of amides is 3. The number of rotatable bonds is 9. The molecule has 1 fully saturated rings. The summed E-state index contributed by atoms with van der Waals surface area (Å²) in [5.41, 5.74) is 4.30. The Balaban J connectivity index is 1.33. The third kappa shape index (κ3) is 7.24. The number of ether oxygens (including phenoxy) is 1. The molecule has 0 spiro atoms. The van der Waals surface area contributed by atoms with E-state index in [4.69, 9.17) is 4.74 Å². The fourth-order valence-electron chi connectivity index (χ4n) is 6.96. The van der Waals surface area contributed by atoms with Crippen LogP contribution in [0.1, 0.15) is 62.0 Å². The van der Waals surface area contributed by atoms with Crippen molar-refractivity contribution >= 4 is 23.9 Å². The maximum atomic E-state index is 14.2. The van der Waals surface area contributed by atoms with Gasteiger partial charge in [0.15, 0.2) is 0 Å². The molecule has 0 bridgehead atoms.